The Hall–Kier alpha value is -1.40. The van der Waals surface area contributed by atoms with Crippen LogP contribution in [0.4, 0.5) is 0 Å². The third-order valence-electron chi connectivity index (χ3n) is 15.5. The SMILES string of the molecule is C=C(C)C1CCC2(NCCN(C)C)CCC3(C)C(CCC4C5(C)CCC(OC(=O)CC(C)(C)C(=O)O)C(C)(C)C5CCC43C)C12. The van der Waals surface area contributed by atoms with Crippen LogP contribution in [0.2, 0.25) is 0 Å². The van der Waals surface area contributed by atoms with E-state index >= 15 is 0 Å². The molecular formula is C39H66N2O4. The Morgan fingerprint density at radius 3 is 2.22 bits per heavy atom. The Bertz CT molecular complexity index is 1180. The maximum absolute atomic E-state index is 13.0. The highest BCUT2D eigenvalue weighted by atomic mass is 16.5. The summed E-state index contributed by atoms with van der Waals surface area (Å²) in [5.41, 5.74) is 1.16. The lowest BCUT2D eigenvalue weighted by molar-refractivity contribution is -0.246. The van der Waals surface area contributed by atoms with Crippen LogP contribution in [-0.2, 0) is 14.3 Å². The van der Waals surface area contributed by atoms with Crippen LogP contribution >= 0.6 is 0 Å². The van der Waals surface area contributed by atoms with E-state index in [-0.39, 0.29) is 40.3 Å². The van der Waals surface area contributed by atoms with Crippen LogP contribution in [0.3, 0.4) is 0 Å². The Morgan fingerprint density at radius 2 is 1.60 bits per heavy atom. The summed E-state index contributed by atoms with van der Waals surface area (Å²) in [6.07, 6.45) is 11.9. The van der Waals surface area contributed by atoms with Gasteiger partial charge in [0.15, 0.2) is 0 Å². The lowest BCUT2D eigenvalue weighted by Crippen LogP contribution is -2.69. The van der Waals surface area contributed by atoms with Gasteiger partial charge in [-0.25, -0.2) is 0 Å². The molecule has 2 N–H and O–H groups in total. The van der Waals surface area contributed by atoms with Crippen LogP contribution in [0.1, 0.15) is 126 Å². The van der Waals surface area contributed by atoms with E-state index in [1.807, 2.05) is 0 Å². The number of likely N-dealkylation sites (N-methyl/N-ethyl adjacent to an activating group) is 1. The van der Waals surface area contributed by atoms with Gasteiger partial charge in [0.2, 0.25) is 0 Å². The molecule has 5 aliphatic carbocycles. The minimum Gasteiger partial charge on any atom is -0.481 e. The van der Waals surface area contributed by atoms with Gasteiger partial charge >= 0.3 is 11.9 Å². The zero-order valence-corrected chi connectivity index (χ0v) is 30.5. The first-order valence-corrected chi connectivity index (χ1v) is 18.2. The summed E-state index contributed by atoms with van der Waals surface area (Å²) in [6, 6.07) is 0. The van der Waals surface area contributed by atoms with Gasteiger partial charge in [0.1, 0.15) is 6.10 Å². The van der Waals surface area contributed by atoms with E-state index < -0.39 is 11.4 Å². The molecule has 10 unspecified atom stereocenters. The van der Waals surface area contributed by atoms with Gasteiger partial charge in [-0.3, -0.25) is 9.59 Å². The zero-order chi connectivity index (χ0) is 33.4. The van der Waals surface area contributed by atoms with Crippen molar-refractivity contribution >= 4 is 11.9 Å². The topological polar surface area (TPSA) is 78.9 Å². The third kappa shape index (κ3) is 5.44. The number of ether oxygens (including phenoxy) is 1. The molecule has 5 rings (SSSR count). The van der Waals surface area contributed by atoms with Crippen molar-refractivity contribution in [2.45, 2.75) is 138 Å². The average Bonchev–Trinajstić information content (AvgIpc) is 3.30. The molecule has 0 saturated heterocycles. The number of nitrogens with one attached hydrogen (secondary N) is 1. The molecule has 45 heavy (non-hydrogen) atoms. The Labute approximate surface area is 274 Å². The summed E-state index contributed by atoms with van der Waals surface area (Å²) < 4.78 is 6.17. The molecule has 0 aliphatic heterocycles. The number of allylic oxidation sites excluding steroid dienone is 1. The second-order valence-corrected chi connectivity index (χ2v) is 18.8. The Morgan fingerprint density at radius 1 is 0.911 bits per heavy atom. The molecule has 6 nitrogen and oxygen atoms in total. The summed E-state index contributed by atoms with van der Waals surface area (Å²) in [5, 5.41) is 13.8. The normalized spacial score (nSPS) is 43.9. The molecule has 5 aliphatic rings. The molecule has 0 aromatic heterocycles. The minimum absolute atomic E-state index is 0.0882. The molecule has 0 spiro atoms. The molecule has 0 aromatic carbocycles. The fourth-order valence-electron chi connectivity index (χ4n) is 12.8. The maximum atomic E-state index is 13.0. The van der Waals surface area contributed by atoms with Crippen LogP contribution < -0.4 is 5.32 Å². The first-order chi connectivity index (χ1) is 20.7. The molecule has 5 saturated carbocycles. The van der Waals surface area contributed by atoms with Gasteiger partial charge in [-0.1, -0.05) is 46.8 Å². The van der Waals surface area contributed by atoms with Crippen molar-refractivity contribution in [3.63, 3.8) is 0 Å². The fourth-order valence-corrected chi connectivity index (χ4v) is 12.8. The van der Waals surface area contributed by atoms with Crippen molar-refractivity contribution in [2.24, 2.45) is 56.7 Å². The summed E-state index contributed by atoms with van der Waals surface area (Å²) in [6.45, 7) is 24.9. The van der Waals surface area contributed by atoms with E-state index in [1.54, 1.807) is 13.8 Å². The number of carboxylic acids is 1. The van der Waals surface area contributed by atoms with Crippen LogP contribution in [-0.4, -0.2) is 60.8 Å². The first-order valence-electron chi connectivity index (χ1n) is 18.2. The van der Waals surface area contributed by atoms with Gasteiger partial charge < -0.3 is 20.1 Å². The minimum atomic E-state index is -1.12. The largest absolute Gasteiger partial charge is 0.481 e. The zero-order valence-electron chi connectivity index (χ0n) is 30.5. The number of fused-ring (bicyclic) bond motifs is 7. The average molecular weight is 627 g/mol. The molecule has 6 heteroatoms. The van der Waals surface area contributed by atoms with Gasteiger partial charge in [0, 0.05) is 24.0 Å². The van der Waals surface area contributed by atoms with E-state index in [9.17, 15) is 14.7 Å². The van der Waals surface area contributed by atoms with Crippen molar-refractivity contribution in [3.8, 4) is 0 Å². The van der Waals surface area contributed by atoms with E-state index in [1.165, 1.54) is 56.9 Å². The third-order valence-corrected chi connectivity index (χ3v) is 15.5. The first kappa shape index (κ1) is 34.9. The molecule has 5 fully saturated rings. The maximum Gasteiger partial charge on any atom is 0.309 e. The fraction of sp³-hybridized carbons (Fsp3) is 0.897. The molecular weight excluding hydrogens is 560 g/mol. The molecule has 0 heterocycles. The highest BCUT2D eigenvalue weighted by molar-refractivity contribution is 5.81. The van der Waals surface area contributed by atoms with Crippen LogP contribution in [0.25, 0.3) is 0 Å². The lowest BCUT2D eigenvalue weighted by Gasteiger charge is -2.73. The summed E-state index contributed by atoms with van der Waals surface area (Å²) in [4.78, 5) is 27.0. The van der Waals surface area contributed by atoms with Gasteiger partial charge in [0.25, 0.3) is 0 Å². The standard InChI is InChI=1S/C39H66N2O4/c1-25(2)26-14-19-39(40-22-23-41(10)11)21-20-37(8)27(32(26)39)12-13-29-36(7)17-16-30(45-31(42)24-34(3,4)33(43)44)35(5,6)28(36)15-18-38(29,37)9/h26-30,32,40H,1,12-24H2,2-11H3,(H,43,44). The van der Waals surface area contributed by atoms with Crippen molar-refractivity contribution < 1.29 is 19.4 Å². The van der Waals surface area contributed by atoms with Crippen molar-refractivity contribution in [1.29, 1.82) is 0 Å². The van der Waals surface area contributed by atoms with Gasteiger partial charge in [-0.05, 0) is 145 Å². The molecule has 0 amide bonds. The number of esters is 1. The van der Waals surface area contributed by atoms with E-state index in [0.717, 1.165) is 25.9 Å². The van der Waals surface area contributed by atoms with Crippen molar-refractivity contribution in [2.75, 3.05) is 27.2 Å². The number of aliphatic carboxylic acids is 1. The van der Waals surface area contributed by atoms with Gasteiger partial charge in [-0.15, -0.1) is 0 Å². The summed E-state index contributed by atoms with van der Waals surface area (Å²) in [5.74, 6) is 1.81. The Balaban J connectivity index is 1.40. The predicted molar refractivity (Wildman–Crippen MR) is 182 cm³/mol. The number of hydrogen-bond donors (Lipinski definition) is 2. The summed E-state index contributed by atoms with van der Waals surface area (Å²) >= 11 is 0. The van der Waals surface area contributed by atoms with E-state index in [4.69, 9.17) is 4.74 Å². The van der Waals surface area contributed by atoms with Crippen LogP contribution in [0, 0.1) is 56.7 Å². The van der Waals surface area contributed by atoms with Crippen LogP contribution in [0.15, 0.2) is 12.2 Å². The number of carbonyl (C=O) groups excluding carboxylic acids is 1. The molecule has 256 valence electrons. The number of rotatable bonds is 9. The van der Waals surface area contributed by atoms with Crippen molar-refractivity contribution in [3.05, 3.63) is 12.2 Å². The number of nitrogens with zero attached hydrogens (tertiary/aromatic N) is 1. The molecule has 0 aromatic rings. The Kier molecular flexibility index (Phi) is 9.03. The van der Waals surface area contributed by atoms with E-state index in [2.05, 4.69) is 72.4 Å². The van der Waals surface area contributed by atoms with E-state index in [0.29, 0.717) is 35.0 Å². The molecule has 0 bridgehead atoms. The smallest absolute Gasteiger partial charge is 0.309 e. The monoisotopic (exact) mass is 627 g/mol. The predicted octanol–water partition coefficient (Wildman–Crippen LogP) is 7.96. The number of carboxylic acid groups (broad SMARTS) is 1. The second-order valence-electron chi connectivity index (χ2n) is 18.8. The van der Waals surface area contributed by atoms with Crippen LogP contribution in [0.5, 0.6) is 0 Å². The second kappa shape index (κ2) is 11.6. The van der Waals surface area contributed by atoms with Crippen molar-refractivity contribution in [1.82, 2.24) is 10.2 Å². The molecule has 0 radical (unpaired) electrons. The van der Waals surface area contributed by atoms with Gasteiger partial charge in [-0.2, -0.15) is 0 Å². The number of hydrogen-bond acceptors (Lipinski definition) is 5. The molecule has 10 atom stereocenters. The lowest BCUT2D eigenvalue weighted by atomic mass is 9.32. The highest BCUT2D eigenvalue weighted by Gasteiger charge is 2.71. The highest BCUT2D eigenvalue weighted by Crippen LogP contribution is 2.76. The number of carbonyl (C=O) groups is 2. The summed E-state index contributed by atoms with van der Waals surface area (Å²) in [7, 11) is 4.36. The quantitative estimate of drug-likeness (QED) is 0.200. The van der Waals surface area contributed by atoms with Gasteiger partial charge in [0.05, 0.1) is 11.8 Å².